The van der Waals surface area contributed by atoms with Gasteiger partial charge in [-0.1, -0.05) is 0 Å². The second-order valence-electron chi connectivity index (χ2n) is 2.93. The van der Waals surface area contributed by atoms with Gasteiger partial charge in [-0.05, 0) is 0 Å². The molecule has 0 aliphatic heterocycles. The van der Waals surface area contributed by atoms with E-state index in [1.54, 1.807) is 0 Å². The highest BCUT2D eigenvalue weighted by atomic mass is 31.2. The highest BCUT2D eigenvalue weighted by molar-refractivity contribution is 7.46. The lowest BCUT2D eigenvalue weighted by molar-refractivity contribution is -0.135. The van der Waals surface area contributed by atoms with Crippen LogP contribution in [0.1, 0.15) is 0 Å². The van der Waals surface area contributed by atoms with Gasteiger partial charge < -0.3 is 35.0 Å². The van der Waals surface area contributed by atoms with Crippen molar-refractivity contribution in [3.8, 4) is 0 Å². The second kappa shape index (κ2) is 6.38. The topological polar surface area (TPSA) is 165 Å². The summed E-state index contributed by atoms with van der Waals surface area (Å²) in [6.45, 7) is -0.903. The Kier molecular flexibility index (Phi) is 6.23. The highest BCUT2D eigenvalue weighted by Crippen LogP contribution is 2.38. The number of rotatable bonds is 7. The molecule has 0 saturated heterocycles. The molecular formula is C6H13O9P. The van der Waals surface area contributed by atoms with E-state index >= 15 is 0 Å². The lowest BCUT2D eigenvalue weighted by Gasteiger charge is -2.25. The van der Waals surface area contributed by atoms with Gasteiger partial charge in [-0.2, -0.15) is 0 Å². The number of carbonyl (C=O) groups is 1. The first kappa shape index (κ1) is 15.6. The van der Waals surface area contributed by atoms with Gasteiger partial charge in [-0.3, -0.25) is 4.52 Å². The molecule has 0 bridgehead atoms. The minimum atomic E-state index is -5.02. The van der Waals surface area contributed by atoms with Crippen molar-refractivity contribution in [2.24, 2.45) is 0 Å². The smallest absolute Gasteiger partial charge is 0.394 e. The number of phosphoric ester groups is 1. The first-order chi connectivity index (χ1) is 7.22. The molecule has 0 heterocycles. The normalized spacial score (nSPS) is 19.9. The van der Waals surface area contributed by atoms with Crippen LogP contribution in [0.2, 0.25) is 0 Å². The van der Waals surface area contributed by atoms with Crippen LogP contribution in [0.5, 0.6) is 0 Å². The van der Waals surface area contributed by atoms with Crippen LogP contribution in [-0.2, 0) is 13.9 Å². The van der Waals surface area contributed by atoms with Crippen LogP contribution in [0.15, 0.2) is 0 Å². The average Bonchev–Trinajstić information content (AvgIpc) is 2.21. The Labute approximate surface area is 90.2 Å². The van der Waals surface area contributed by atoms with E-state index in [1.165, 1.54) is 0 Å². The largest absolute Gasteiger partial charge is 0.470 e. The molecule has 0 spiro atoms. The third-order valence-corrected chi connectivity index (χ3v) is 2.18. The van der Waals surface area contributed by atoms with Crippen molar-refractivity contribution in [3.63, 3.8) is 0 Å². The van der Waals surface area contributed by atoms with Gasteiger partial charge in [0, 0.05) is 0 Å². The number of carbonyl (C=O) groups excluding carboxylic acids is 1. The minimum absolute atomic E-state index is 0.142. The summed E-state index contributed by atoms with van der Waals surface area (Å²) in [4.78, 5) is 27.1. The Morgan fingerprint density at radius 1 is 1.19 bits per heavy atom. The van der Waals surface area contributed by atoms with Crippen molar-refractivity contribution < 1.29 is 44.1 Å². The number of aliphatic hydroxyl groups excluding tert-OH is 4. The summed E-state index contributed by atoms with van der Waals surface area (Å²) in [5.41, 5.74) is 0. The summed E-state index contributed by atoms with van der Waals surface area (Å²) in [6.07, 6.45) is -7.98. The van der Waals surface area contributed by atoms with Crippen molar-refractivity contribution >= 4 is 14.1 Å². The lowest BCUT2D eigenvalue weighted by atomic mass is 10.0. The van der Waals surface area contributed by atoms with E-state index in [0.717, 1.165) is 0 Å². The molecule has 96 valence electrons. The van der Waals surface area contributed by atoms with Gasteiger partial charge in [-0.25, -0.2) is 4.57 Å². The number of hydrogen-bond donors (Lipinski definition) is 6. The highest BCUT2D eigenvalue weighted by Gasteiger charge is 2.35. The monoisotopic (exact) mass is 260 g/mol. The molecule has 6 N–H and O–H groups in total. The lowest BCUT2D eigenvalue weighted by Crippen LogP contribution is -2.47. The number of hydrogen-bond acceptors (Lipinski definition) is 7. The fourth-order valence-electron chi connectivity index (χ4n) is 0.856. The van der Waals surface area contributed by atoms with Gasteiger partial charge in [0.15, 0.2) is 12.4 Å². The molecule has 16 heavy (non-hydrogen) atoms. The summed E-state index contributed by atoms with van der Waals surface area (Å²) in [6, 6.07) is 0. The molecule has 0 saturated carbocycles. The van der Waals surface area contributed by atoms with Crippen LogP contribution in [0.3, 0.4) is 0 Å². The molecule has 0 aliphatic rings. The zero-order chi connectivity index (χ0) is 12.9. The number of phosphoric acid groups is 1. The molecule has 0 aromatic rings. The fourth-order valence-corrected chi connectivity index (χ4v) is 1.35. The van der Waals surface area contributed by atoms with Gasteiger partial charge in [0.05, 0.1) is 6.61 Å². The fraction of sp³-hybridized carbons (Fsp3) is 0.833. The molecule has 0 amide bonds. The van der Waals surface area contributed by atoms with Crippen molar-refractivity contribution in [2.75, 3.05) is 6.61 Å². The van der Waals surface area contributed by atoms with Crippen molar-refractivity contribution in [1.82, 2.24) is 0 Å². The molecule has 0 fully saturated rings. The Hall–Kier alpha value is -0.380. The van der Waals surface area contributed by atoms with Gasteiger partial charge in [0.2, 0.25) is 0 Å². The summed E-state index contributed by atoms with van der Waals surface area (Å²) < 4.78 is 14.2. The van der Waals surface area contributed by atoms with Gasteiger partial charge in [0.1, 0.15) is 18.3 Å². The van der Waals surface area contributed by atoms with E-state index in [1.807, 2.05) is 0 Å². The van der Waals surface area contributed by atoms with Crippen molar-refractivity contribution in [3.05, 3.63) is 0 Å². The minimum Gasteiger partial charge on any atom is -0.394 e. The average molecular weight is 260 g/mol. The predicted molar refractivity (Wildman–Crippen MR) is 48.1 cm³/mol. The summed E-state index contributed by atoms with van der Waals surface area (Å²) >= 11 is 0. The van der Waals surface area contributed by atoms with Gasteiger partial charge >= 0.3 is 7.82 Å². The SMILES string of the molecule is O=C[C@H](OP(=O)(O)O)[C@@H](O)[C@@H](O)[C@@H](O)CO. The molecule has 0 aromatic carbocycles. The summed E-state index contributed by atoms with van der Waals surface area (Å²) in [5, 5.41) is 35.7. The molecule has 4 atom stereocenters. The first-order valence-corrected chi connectivity index (χ1v) is 5.60. The molecular weight excluding hydrogens is 247 g/mol. The van der Waals surface area contributed by atoms with E-state index in [9.17, 15) is 14.5 Å². The van der Waals surface area contributed by atoms with Crippen molar-refractivity contribution in [1.29, 1.82) is 0 Å². The van der Waals surface area contributed by atoms with E-state index in [-0.39, 0.29) is 6.29 Å². The second-order valence-corrected chi connectivity index (χ2v) is 4.12. The molecule has 0 radical (unpaired) electrons. The zero-order valence-corrected chi connectivity index (χ0v) is 8.84. The van der Waals surface area contributed by atoms with E-state index in [0.29, 0.717) is 0 Å². The van der Waals surface area contributed by atoms with Crippen LogP contribution in [0.25, 0.3) is 0 Å². The van der Waals surface area contributed by atoms with E-state index in [4.69, 9.17) is 25.1 Å². The summed E-state index contributed by atoms with van der Waals surface area (Å²) in [7, 11) is -5.02. The number of aliphatic hydroxyl groups is 4. The summed E-state index contributed by atoms with van der Waals surface area (Å²) in [5.74, 6) is 0. The molecule has 9 nitrogen and oxygen atoms in total. The number of aldehydes is 1. The van der Waals surface area contributed by atoms with Crippen LogP contribution >= 0.6 is 7.82 Å². The quantitative estimate of drug-likeness (QED) is 0.203. The van der Waals surface area contributed by atoms with Crippen LogP contribution in [0.4, 0.5) is 0 Å². The van der Waals surface area contributed by atoms with Crippen LogP contribution in [0, 0.1) is 0 Å². The molecule has 10 heteroatoms. The Morgan fingerprint density at radius 3 is 2.00 bits per heavy atom. The third-order valence-electron chi connectivity index (χ3n) is 1.66. The molecule has 0 unspecified atom stereocenters. The molecule has 0 aromatic heterocycles. The molecule has 0 aliphatic carbocycles. The standard InChI is InChI=1S/C6H13O9P/c7-1-3(9)5(10)6(11)4(2-8)15-16(12,13)14/h2-7,9-11H,1H2,(H2,12,13,14)/t3-,4-,5-,6+/m0/s1. The first-order valence-electron chi connectivity index (χ1n) is 4.07. The van der Waals surface area contributed by atoms with Crippen molar-refractivity contribution in [2.45, 2.75) is 24.4 Å². The van der Waals surface area contributed by atoms with E-state index < -0.39 is 38.8 Å². The van der Waals surface area contributed by atoms with E-state index in [2.05, 4.69) is 4.52 Å². The van der Waals surface area contributed by atoms with Gasteiger partial charge in [0.25, 0.3) is 0 Å². The Bertz CT molecular complexity index is 263. The third kappa shape index (κ3) is 5.10. The maximum Gasteiger partial charge on any atom is 0.470 e. The predicted octanol–water partition coefficient (Wildman–Crippen LogP) is -3.26. The maximum atomic E-state index is 10.4. The maximum absolute atomic E-state index is 10.4. The Morgan fingerprint density at radius 2 is 1.69 bits per heavy atom. The zero-order valence-electron chi connectivity index (χ0n) is 7.95. The van der Waals surface area contributed by atoms with Gasteiger partial charge in [-0.15, -0.1) is 0 Å². The van der Waals surface area contributed by atoms with Crippen LogP contribution in [-0.4, -0.2) is 67.5 Å². The van der Waals surface area contributed by atoms with Crippen LogP contribution < -0.4 is 0 Å². The molecule has 0 rings (SSSR count). The Balaban J connectivity index is 4.59.